The molecule has 0 aliphatic carbocycles. The van der Waals surface area contributed by atoms with Gasteiger partial charge in [-0.3, -0.25) is 34.6 Å². The van der Waals surface area contributed by atoms with Gasteiger partial charge in [-0.25, -0.2) is 9.97 Å². The minimum absolute atomic E-state index is 0.0797. The second-order valence-corrected chi connectivity index (χ2v) is 54.5. The molecule has 0 atom stereocenters. The van der Waals surface area contributed by atoms with Gasteiger partial charge in [0.2, 0.25) is 0 Å². The summed E-state index contributed by atoms with van der Waals surface area (Å²) in [6, 6.07) is 33.3. The van der Waals surface area contributed by atoms with Gasteiger partial charge in [0.05, 0.1) is 58.8 Å². The van der Waals surface area contributed by atoms with Crippen LogP contribution in [0.1, 0.15) is 390 Å². The lowest BCUT2D eigenvalue weighted by molar-refractivity contribution is 0.1000. The van der Waals surface area contributed by atoms with Crippen LogP contribution < -0.4 is 16.4 Å². The van der Waals surface area contributed by atoms with E-state index in [-0.39, 0.29) is 71.6 Å². The average Bonchev–Trinajstić information content (AvgIpc) is 1.56. The Labute approximate surface area is 791 Å². The number of benzene rings is 5. The summed E-state index contributed by atoms with van der Waals surface area (Å²) in [4.78, 5) is 34.9. The number of anilines is 2. The molecule has 0 saturated heterocycles. The molecule has 17 heteroatoms. The van der Waals surface area contributed by atoms with Crippen LogP contribution in [0.25, 0.3) is 31.3 Å². The molecule has 714 valence electrons. The zero-order valence-corrected chi connectivity index (χ0v) is 90.8. The van der Waals surface area contributed by atoms with Gasteiger partial charge in [0.15, 0.2) is 0 Å². The van der Waals surface area contributed by atoms with E-state index in [2.05, 4.69) is 431 Å². The molecule has 0 radical (unpaired) electrons. The molecule has 5 aromatic carbocycles. The van der Waals surface area contributed by atoms with Crippen LogP contribution in [0.3, 0.4) is 0 Å². The van der Waals surface area contributed by atoms with Crippen LogP contribution >= 0.6 is 22.7 Å². The minimum Gasteiger partial charge on any atom is -0.380 e. The number of aromatic nitrogens is 7. The fourth-order valence-corrected chi connectivity index (χ4v) is 19.5. The van der Waals surface area contributed by atoms with Crippen LogP contribution in [0.2, 0.25) is 0 Å². The molecule has 14 rings (SSSR count). The molecule has 4 aliphatic rings. The molecule has 15 nitrogen and oxygen atoms in total. The lowest BCUT2D eigenvalue weighted by Gasteiger charge is -2.39. The third-order valence-electron chi connectivity index (χ3n) is 24.2. The van der Waals surface area contributed by atoms with Crippen LogP contribution in [0.4, 0.5) is 11.4 Å². The van der Waals surface area contributed by atoms with E-state index in [1.165, 1.54) is 104 Å². The van der Waals surface area contributed by atoms with Gasteiger partial charge in [-0.05, 0) is 294 Å². The molecule has 0 unspecified atom stereocenters. The van der Waals surface area contributed by atoms with Crippen LogP contribution in [0.15, 0.2) is 91.0 Å². The number of thiazole rings is 2. The third kappa shape index (κ3) is 32.0. The second kappa shape index (κ2) is 40.1. The number of nitrogens with one attached hydrogen (secondary N) is 5. The first-order valence-corrected chi connectivity index (χ1v) is 49.8. The number of rotatable bonds is 6. The summed E-state index contributed by atoms with van der Waals surface area (Å²) in [5.74, 6) is -0.357. The van der Waals surface area contributed by atoms with Gasteiger partial charge in [0.1, 0.15) is 0 Å². The summed E-state index contributed by atoms with van der Waals surface area (Å²) in [5.41, 5.74) is 33.8. The summed E-state index contributed by atoms with van der Waals surface area (Å²) in [7, 11) is 0. The predicted octanol–water partition coefficient (Wildman–Crippen LogP) is 28.4. The summed E-state index contributed by atoms with van der Waals surface area (Å²) in [6.07, 6.45) is 7.46. The van der Waals surface area contributed by atoms with Crippen molar-refractivity contribution < 1.29 is 4.79 Å². The largest absolute Gasteiger partial charge is 0.380 e. The number of hydrogen-bond donors (Lipinski definition) is 6. The SMILES string of the molecule is CC(C)(C)Cc1[nH]c2cc(C(C)(C)C)ccc2c1C(N)=O.CC(C)(C)Cc1nc2ccc(C(C)(C)C)cc2s1.CC(C)(C)Cc1nc2ccc(C(C)(C)C)cc2s1.CC(C)(C)Nc1ccc2c(c1)CCN(C(C)(C)C)C2.CC(C)(C)Nc1ccc2c(c1)CCN(C(C)(C)C)C2.CC(C)(C)c1n[nH]c2c1CCN(C(C)(C)C)C2.CC(C)(C)c1n[nH]c2c1CCN(C(C)(C)C)C2. The van der Waals surface area contributed by atoms with E-state index in [0.29, 0.717) is 16.4 Å². The Kier molecular flexibility index (Phi) is 33.3. The number of carbonyl (C=O) groups is 1. The maximum atomic E-state index is 11.9. The van der Waals surface area contributed by atoms with Crippen molar-refractivity contribution in [2.75, 3.05) is 36.8 Å². The van der Waals surface area contributed by atoms with Crippen LogP contribution in [0.5, 0.6) is 0 Å². The van der Waals surface area contributed by atoms with Crippen molar-refractivity contribution in [3.8, 4) is 0 Å². The molecule has 4 aliphatic heterocycles. The van der Waals surface area contributed by atoms with Crippen LogP contribution in [-0.4, -0.2) is 120 Å². The maximum Gasteiger partial charge on any atom is 0.251 e. The molecule has 5 aromatic heterocycles. The number of H-pyrrole nitrogens is 3. The van der Waals surface area contributed by atoms with Crippen molar-refractivity contribution in [1.29, 1.82) is 0 Å². The van der Waals surface area contributed by atoms with E-state index < -0.39 is 0 Å². The first-order chi connectivity index (χ1) is 58.5. The van der Waals surface area contributed by atoms with Crippen LogP contribution in [-0.2, 0) is 98.2 Å². The molecule has 129 heavy (non-hydrogen) atoms. The fraction of sp³-hybridized carbons (Fsp3) is 0.634. The first-order valence-electron chi connectivity index (χ1n) is 48.2. The third-order valence-corrected chi connectivity index (χ3v) is 26.3. The van der Waals surface area contributed by atoms with Gasteiger partial charge < -0.3 is 21.4 Å². The molecular formula is C112H178N14OS2. The van der Waals surface area contributed by atoms with Crippen LogP contribution in [0, 0.1) is 16.2 Å². The number of primary amides is 1. The van der Waals surface area contributed by atoms with E-state index in [9.17, 15) is 4.79 Å². The summed E-state index contributed by atoms with van der Waals surface area (Å²) < 4.78 is 2.64. The van der Waals surface area contributed by atoms with Gasteiger partial charge in [-0.1, -0.05) is 203 Å². The Morgan fingerprint density at radius 3 is 1.01 bits per heavy atom. The predicted molar refractivity (Wildman–Crippen MR) is 561 cm³/mol. The highest BCUT2D eigenvalue weighted by molar-refractivity contribution is 7.18. The van der Waals surface area contributed by atoms with Gasteiger partial charge in [0, 0.05) is 137 Å². The molecule has 0 bridgehead atoms. The van der Waals surface area contributed by atoms with Crippen molar-refractivity contribution in [1.82, 2.24) is 54.9 Å². The maximum absolute atomic E-state index is 11.9. The van der Waals surface area contributed by atoms with E-state index in [1.807, 2.05) is 28.7 Å². The Morgan fingerprint density at radius 1 is 0.372 bits per heavy atom. The number of hydrogen-bond acceptors (Lipinski definition) is 13. The van der Waals surface area contributed by atoms with E-state index in [0.717, 1.165) is 125 Å². The highest BCUT2D eigenvalue weighted by Crippen LogP contribution is 2.40. The average molecular weight is 1800 g/mol. The lowest BCUT2D eigenvalue weighted by Crippen LogP contribution is -2.44. The summed E-state index contributed by atoms with van der Waals surface area (Å²) >= 11 is 3.69. The van der Waals surface area contributed by atoms with E-state index in [4.69, 9.17) is 15.7 Å². The Balaban J connectivity index is 0.000000186. The van der Waals surface area contributed by atoms with Gasteiger partial charge >= 0.3 is 0 Å². The van der Waals surface area contributed by atoms with E-state index in [1.54, 1.807) is 0 Å². The van der Waals surface area contributed by atoms with Crippen molar-refractivity contribution in [3.63, 3.8) is 0 Å². The number of nitrogens with two attached hydrogens (primary N) is 1. The van der Waals surface area contributed by atoms with Gasteiger partial charge in [-0.2, -0.15) is 10.2 Å². The summed E-state index contributed by atoms with van der Waals surface area (Å²) in [5, 5.41) is 26.1. The normalized spacial score (nSPS) is 15.6. The monoisotopic (exact) mass is 1800 g/mol. The van der Waals surface area contributed by atoms with E-state index >= 15 is 0 Å². The number of nitrogens with zero attached hydrogens (tertiary/aromatic N) is 8. The Bertz CT molecular complexity index is 5090. The second-order valence-electron chi connectivity index (χ2n) is 52.3. The standard InChI is InChI=1S/C18H26N2O.2C17H28N2.2C16H23NS.2C14H25N3/c1-17(2,3)10-14-15(16(19)21)12-8-7-11(18(4,5)6)9-13(12)20-14;2*1-16(2,3)18-15-8-7-14-12-19(17(4,5)6)10-9-13(14)11-15;2*1-15(2,3)10-14-17-12-8-7-11(16(4,5)6)9-13(12)18-14;2*1-13(2,3)12-10-7-8-17(14(4,5)6)9-11(10)15-16-12/h7-9,20H,10H2,1-6H3,(H2,19,21);2*7-8,11,18H,9-10,12H2,1-6H3;2*7-9H,10H2,1-6H3;2*7-9H2,1-6H3,(H,15,16). The molecular weight excluding hydrogens is 1620 g/mol. The number of aromatic amines is 3. The fourth-order valence-electron chi connectivity index (χ4n) is 16.9. The Hall–Kier alpha value is -7.25. The first kappa shape index (κ1) is 107. The topological polar surface area (TPSA) is 179 Å². The van der Waals surface area contributed by atoms with Gasteiger partial charge in [0.25, 0.3) is 5.91 Å². The molecule has 10 aromatic rings. The molecule has 0 saturated carbocycles. The van der Waals surface area contributed by atoms with Crippen molar-refractivity contribution >= 4 is 71.3 Å². The number of fused-ring (bicyclic) bond motifs is 7. The summed E-state index contributed by atoms with van der Waals surface area (Å²) in [6.45, 7) is 103. The highest BCUT2D eigenvalue weighted by Gasteiger charge is 2.36. The molecule has 1 amide bonds. The number of carbonyl (C=O) groups excluding carboxylic acids is 1. The molecule has 9 heterocycles. The zero-order valence-electron chi connectivity index (χ0n) is 89.1. The molecule has 0 fully saturated rings. The van der Waals surface area contributed by atoms with Crippen molar-refractivity contribution in [2.45, 2.75) is 422 Å². The highest BCUT2D eigenvalue weighted by atomic mass is 32.1. The Morgan fingerprint density at radius 2 is 0.698 bits per heavy atom. The lowest BCUT2D eigenvalue weighted by atomic mass is 9.86. The molecule has 0 spiro atoms. The quantitative estimate of drug-likeness (QED) is 0.0933. The smallest absolute Gasteiger partial charge is 0.251 e. The minimum atomic E-state index is -0.357. The zero-order chi connectivity index (χ0) is 97.3. The van der Waals surface area contributed by atoms with Gasteiger partial charge in [-0.15, -0.1) is 22.7 Å². The molecule has 7 N–H and O–H groups in total. The van der Waals surface area contributed by atoms with Crippen molar-refractivity contribution in [3.05, 3.63) is 185 Å². The van der Waals surface area contributed by atoms with Crippen molar-refractivity contribution in [2.24, 2.45) is 22.0 Å². The number of amides is 1.